The maximum atomic E-state index is 11.5. The molecule has 9 heteroatoms. The van der Waals surface area contributed by atoms with E-state index in [-0.39, 0.29) is 17.2 Å². The van der Waals surface area contributed by atoms with Gasteiger partial charge in [-0.15, -0.1) is 0 Å². The normalized spacial score (nSPS) is 10.1. The van der Waals surface area contributed by atoms with E-state index in [4.69, 9.17) is 4.74 Å². The molecule has 0 radical (unpaired) electrons. The molecule has 0 N–H and O–H groups in total. The van der Waals surface area contributed by atoms with Crippen LogP contribution in [0.2, 0.25) is 0 Å². The lowest BCUT2D eigenvalue weighted by molar-refractivity contribution is -0.612. The summed E-state index contributed by atoms with van der Waals surface area (Å²) in [6.45, 7) is 1.60. The van der Waals surface area contributed by atoms with Crippen molar-refractivity contribution in [3.05, 3.63) is 57.2 Å². The molecule has 0 saturated heterocycles. The molecule has 0 aliphatic carbocycles. The zero-order valence-corrected chi connectivity index (χ0v) is 11.7. The monoisotopic (exact) mass is 305 g/mol. The van der Waals surface area contributed by atoms with Gasteiger partial charge in [-0.05, 0) is 6.07 Å². The number of ether oxygens (including phenoxy) is 2. The Morgan fingerprint density at radius 3 is 2.73 bits per heavy atom. The molecule has 0 aliphatic heterocycles. The van der Waals surface area contributed by atoms with Crippen molar-refractivity contribution in [2.45, 2.75) is 6.92 Å². The summed E-state index contributed by atoms with van der Waals surface area (Å²) in [5.41, 5.74) is -0.152. The minimum Gasteiger partial charge on any atom is -0.618 e. The van der Waals surface area contributed by atoms with Gasteiger partial charge in [-0.25, -0.2) is 9.78 Å². The Kier molecular flexibility index (Phi) is 4.16. The van der Waals surface area contributed by atoms with Gasteiger partial charge >= 0.3 is 11.7 Å². The summed E-state index contributed by atoms with van der Waals surface area (Å²) in [6, 6.07) is 3.97. The highest BCUT2D eigenvalue weighted by atomic mass is 16.6. The number of pyridine rings is 2. The van der Waals surface area contributed by atoms with Gasteiger partial charge in [0, 0.05) is 25.3 Å². The van der Waals surface area contributed by atoms with Gasteiger partial charge in [-0.1, -0.05) is 0 Å². The van der Waals surface area contributed by atoms with E-state index >= 15 is 0 Å². The molecule has 0 amide bonds. The lowest BCUT2D eigenvalue weighted by Crippen LogP contribution is -2.28. The Labute approximate surface area is 124 Å². The van der Waals surface area contributed by atoms with Gasteiger partial charge in [-0.3, -0.25) is 10.1 Å². The largest absolute Gasteiger partial charge is 0.618 e. The molecule has 0 aliphatic rings. The maximum absolute atomic E-state index is 11.5. The lowest BCUT2D eigenvalue weighted by Gasteiger charge is -2.07. The van der Waals surface area contributed by atoms with E-state index in [1.165, 1.54) is 12.1 Å². The van der Waals surface area contributed by atoms with Crippen molar-refractivity contribution in [2.24, 2.45) is 0 Å². The summed E-state index contributed by atoms with van der Waals surface area (Å²) in [4.78, 5) is 25.4. The van der Waals surface area contributed by atoms with Crippen molar-refractivity contribution in [1.82, 2.24) is 4.98 Å². The Hall–Kier alpha value is -3.23. The van der Waals surface area contributed by atoms with Gasteiger partial charge in [0.1, 0.15) is 0 Å². The summed E-state index contributed by atoms with van der Waals surface area (Å²) in [6.07, 6.45) is 2.21. The van der Waals surface area contributed by atoms with Crippen LogP contribution in [-0.4, -0.2) is 23.0 Å². The van der Waals surface area contributed by atoms with Gasteiger partial charge in [0.05, 0.1) is 17.6 Å². The first-order valence-electron chi connectivity index (χ1n) is 6.03. The zero-order valence-electron chi connectivity index (χ0n) is 11.7. The molecule has 9 nitrogen and oxygen atoms in total. The number of carbonyl (C=O) groups is 1. The Balaban J connectivity index is 2.39. The summed E-state index contributed by atoms with van der Waals surface area (Å²) in [5, 5.41) is 22.5. The van der Waals surface area contributed by atoms with E-state index in [0.717, 1.165) is 25.6 Å². The molecule has 2 aromatic rings. The summed E-state index contributed by atoms with van der Waals surface area (Å²) in [7, 11) is 1.15. The molecule has 0 fully saturated rings. The van der Waals surface area contributed by atoms with Crippen LogP contribution in [0.15, 0.2) is 30.6 Å². The third-order valence-electron chi connectivity index (χ3n) is 2.75. The van der Waals surface area contributed by atoms with Crippen LogP contribution >= 0.6 is 0 Å². The first-order chi connectivity index (χ1) is 10.4. The van der Waals surface area contributed by atoms with Crippen LogP contribution < -0.4 is 9.47 Å². The predicted octanol–water partition coefficient (Wildman–Crippen LogP) is 1.51. The van der Waals surface area contributed by atoms with Crippen molar-refractivity contribution in [1.29, 1.82) is 0 Å². The summed E-state index contributed by atoms with van der Waals surface area (Å²) < 4.78 is 10.3. The molecular formula is C13H11N3O6. The molecule has 0 unspecified atom stereocenters. The number of nitrogens with zero attached hydrogens (tertiary/aromatic N) is 3. The average Bonchev–Trinajstić information content (AvgIpc) is 2.50. The molecule has 0 aromatic carbocycles. The number of aromatic nitrogens is 2. The molecular weight excluding hydrogens is 294 g/mol. The topological polar surface area (TPSA) is 118 Å². The third-order valence-corrected chi connectivity index (χ3v) is 2.75. The number of aryl methyl sites for hydroxylation is 1. The molecule has 2 heterocycles. The van der Waals surface area contributed by atoms with Crippen LogP contribution in [0.3, 0.4) is 0 Å². The van der Waals surface area contributed by atoms with E-state index in [2.05, 4.69) is 9.72 Å². The molecule has 0 spiro atoms. The Morgan fingerprint density at radius 2 is 2.14 bits per heavy atom. The van der Waals surface area contributed by atoms with Crippen molar-refractivity contribution >= 4 is 11.7 Å². The van der Waals surface area contributed by atoms with Crippen molar-refractivity contribution in [3.8, 4) is 11.6 Å². The maximum Gasteiger partial charge on any atom is 0.339 e. The molecule has 0 bridgehead atoms. The van der Waals surface area contributed by atoms with Gasteiger partial charge in [0.2, 0.25) is 6.20 Å². The number of nitro groups is 1. The van der Waals surface area contributed by atoms with Gasteiger partial charge in [0.25, 0.3) is 5.88 Å². The standard InChI is InChI=1S/C13H11N3O6/c1-8-3-4-10(7-15(8)18)22-12-11(16(19)20)5-9(6-14-12)13(17)21-2/h3-7H,1-2H3. The minimum atomic E-state index is -0.755. The summed E-state index contributed by atoms with van der Waals surface area (Å²) >= 11 is 0. The van der Waals surface area contributed by atoms with Crippen LogP contribution in [0.25, 0.3) is 0 Å². The van der Waals surface area contributed by atoms with Gasteiger partial charge in [-0.2, -0.15) is 4.73 Å². The average molecular weight is 305 g/mol. The quantitative estimate of drug-likeness (QED) is 0.276. The van der Waals surface area contributed by atoms with E-state index in [1.807, 2.05) is 0 Å². The van der Waals surface area contributed by atoms with Crippen molar-refractivity contribution in [3.63, 3.8) is 0 Å². The Bertz CT molecular complexity index is 747. The highest BCUT2D eigenvalue weighted by Gasteiger charge is 2.22. The van der Waals surface area contributed by atoms with Crippen LogP contribution in [0.4, 0.5) is 5.69 Å². The van der Waals surface area contributed by atoms with E-state index in [0.29, 0.717) is 10.4 Å². The fourth-order valence-corrected chi connectivity index (χ4v) is 1.59. The highest BCUT2D eigenvalue weighted by Crippen LogP contribution is 2.29. The minimum absolute atomic E-state index is 0.0793. The molecule has 0 atom stereocenters. The Morgan fingerprint density at radius 1 is 1.41 bits per heavy atom. The molecule has 0 saturated carbocycles. The number of carbonyl (C=O) groups excluding carboxylic acids is 1. The van der Waals surface area contributed by atoms with Crippen LogP contribution in [0.5, 0.6) is 11.6 Å². The van der Waals surface area contributed by atoms with Crippen LogP contribution in [-0.2, 0) is 4.74 Å². The first kappa shape index (κ1) is 15.2. The second-order valence-electron chi connectivity index (χ2n) is 4.23. The highest BCUT2D eigenvalue weighted by molar-refractivity contribution is 5.89. The van der Waals surface area contributed by atoms with E-state index < -0.39 is 16.6 Å². The number of hydrogen-bond donors (Lipinski definition) is 0. The predicted molar refractivity (Wildman–Crippen MR) is 72.4 cm³/mol. The van der Waals surface area contributed by atoms with E-state index in [1.54, 1.807) is 6.92 Å². The number of rotatable bonds is 4. The second kappa shape index (κ2) is 6.04. The number of hydrogen-bond acceptors (Lipinski definition) is 7. The zero-order chi connectivity index (χ0) is 16.3. The molecule has 2 aromatic heterocycles. The first-order valence-corrected chi connectivity index (χ1v) is 6.03. The molecule has 2 rings (SSSR count). The molecule has 114 valence electrons. The summed E-state index contributed by atoms with van der Waals surface area (Å²) in [5.74, 6) is -1.00. The van der Waals surface area contributed by atoms with Gasteiger partial charge < -0.3 is 14.7 Å². The van der Waals surface area contributed by atoms with E-state index in [9.17, 15) is 20.1 Å². The fraction of sp³-hybridized carbons (Fsp3) is 0.154. The number of methoxy groups -OCH3 is 1. The molecule has 22 heavy (non-hydrogen) atoms. The van der Waals surface area contributed by atoms with Crippen LogP contribution in [0, 0.1) is 22.2 Å². The lowest BCUT2D eigenvalue weighted by atomic mass is 10.2. The third kappa shape index (κ3) is 3.08. The van der Waals surface area contributed by atoms with Crippen molar-refractivity contribution < 1.29 is 23.9 Å². The van der Waals surface area contributed by atoms with Gasteiger partial charge in [0.15, 0.2) is 11.4 Å². The smallest absolute Gasteiger partial charge is 0.339 e. The second-order valence-corrected chi connectivity index (χ2v) is 4.23. The number of esters is 1. The van der Waals surface area contributed by atoms with Crippen molar-refractivity contribution in [2.75, 3.05) is 7.11 Å². The van der Waals surface area contributed by atoms with Crippen LogP contribution in [0.1, 0.15) is 16.1 Å². The SMILES string of the molecule is COC(=O)c1cnc(Oc2ccc(C)[n+]([O-])c2)c([N+](=O)[O-])c1. The fourth-order valence-electron chi connectivity index (χ4n) is 1.59.